The maximum atomic E-state index is 11.2. The van der Waals surface area contributed by atoms with Crippen LogP contribution in [0, 0.1) is 0 Å². The molecule has 1 aromatic rings. The van der Waals surface area contributed by atoms with Gasteiger partial charge in [-0.3, -0.25) is 0 Å². The monoisotopic (exact) mass is 197 g/mol. The Labute approximate surface area is 81.3 Å². The summed E-state index contributed by atoms with van der Waals surface area (Å²) in [5, 5.41) is 9.14. The highest BCUT2D eigenvalue weighted by atomic mass is 16.5. The highest BCUT2D eigenvalue weighted by molar-refractivity contribution is 5.87. The van der Waals surface area contributed by atoms with E-state index in [1.165, 1.54) is 19.2 Å². The summed E-state index contributed by atoms with van der Waals surface area (Å²) >= 11 is 0. The predicted octanol–water partition coefficient (Wildman–Crippen LogP) is 0.972. The molecule has 0 atom stereocenters. The van der Waals surface area contributed by atoms with Crippen molar-refractivity contribution < 1.29 is 19.4 Å². The summed E-state index contributed by atoms with van der Waals surface area (Å²) in [5.41, 5.74) is 0.0312. The number of nitrogens with zero attached hydrogens (tertiary/aromatic N) is 1. The summed E-state index contributed by atoms with van der Waals surface area (Å²) in [6.07, 6.45) is 0. The van der Waals surface area contributed by atoms with E-state index in [0.29, 0.717) is 5.75 Å². The first-order chi connectivity index (χ1) is 6.67. The lowest BCUT2D eigenvalue weighted by molar-refractivity contribution is 0.0518. The number of aromatic nitrogens is 1. The van der Waals surface area contributed by atoms with E-state index in [4.69, 9.17) is 14.6 Å². The van der Waals surface area contributed by atoms with Gasteiger partial charge in [0.15, 0.2) is 5.69 Å². The molecule has 0 saturated heterocycles. The second-order valence-electron chi connectivity index (χ2n) is 2.47. The van der Waals surface area contributed by atoms with Gasteiger partial charge in [0.05, 0.1) is 13.7 Å². The molecular weight excluding hydrogens is 186 g/mol. The second kappa shape index (κ2) is 4.45. The minimum atomic E-state index is -0.582. The zero-order valence-electron chi connectivity index (χ0n) is 7.98. The number of carbonyl (C=O) groups is 1. The third kappa shape index (κ3) is 2.35. The number of pyridine rings is 1. The lowest BCUT2D eigenvalue weighted by Crippen LogP contribution is -2.07. The van der Waals surface area contributed by atoms with E-state index in [-0.39, 0.29) is 18.2 Å². The molecule has 1 aromatic heterocycles. The Hall–Kier alpha value is -1.78. The number of aromatic hydroxyl groups is 1. The largest absolute Gasteiger partial charge is 0.496 e. The Morgan fingerprint density at radius 2 is 2.29 bits per heavy atom. The van der Waals surface area contributed by atoms with E-state index in [2.05, 4.69) is 4.98 Å². The van der Waals surface area contributed by atoms with Gasteiger partial charge in [-0.25, -0.2) is 9.78 Å². The average Bonchev–Trinajstić information content (AvgIpc) is 2.17. The summed E-state index contributed by atoms with van der Waals surface area (Å²) in [6.45, 7) is 1.95. The summed E-state index contributed by atoms with van der Waals surface area (Å²) in [4.78, 5) is 14.8. The van der Waals surface area contributed by atoms with Crippen molar-refractivity contribution >= 4 is 5.97 Å². The maximum absolute atomic E-state index is 11.2. The van der Waals surface area contributed by atoms with Gasteiger partial charge in [-0.05, 0) is 6.92 Å². The van der Waals surface area contributed by atoms with Crippen molar-refractivity contribution in [3.63, 3.8) is 0 Å². The highest BCUT2D eigenvalue weighted by Crippen LogP contribution is 2.18. The molecule has 5 nitrogen and oxygen atoms in total. The Bertz CT molecular complexity index is 338. The van der Waals surface area contributed by atoms with E-state index >= 15 is 0 Å². The van der Waals surface area contributed by atoms with E-state index < -0.39 is 5.97 Å². The molecule has 0 aromatic carbocycles. The van der Waals surface area contributed by atoms with Crippen molar-refractivity contribution in [3.05, 3.63) is 17.8 Å². The van der Waals surface area contributed by atoms with E-state index in [1.807, 2.05) is 0 Å². The molecule has 14 heavy (non-hydrogen) atoms. The second-order valence-corrected chi connectivity index (χ2v) is 2.47. The molecule has 0 amide bonds. The summed E-state index contributed by atoms with van der Waals surface area (Å²) < 4.78 is 9.57. The fraction of sp³-hybridized carbons (Fsp3) is 0.333. The van der Waals surface area contributed by atoms with E-state index in [9.17, 15) is 4.79 Å². The number of carbonyl (C=O) groups excluding carboxylic acids is 1. The van der Waals surface area contributed by atoms with Crippen molar-refractivity contribution in [2.75, 3.05) is 13.7 Å². The van der Waals surface area contributed by atoms with Gasteiger partial charge in [-0.1, -0.05) is 0 Å². The van der Waals surface area contributed by atoms with Crippen LogP contribution in [-0.2, 0) is 4.74 Å². The Morgan fingerprint density at radius 3 is 2.86 bits per heavy atom. The van der Waals surface area contributed by atoms with Gasteiger partial charge in [0.1, 0.15) is 5.75 Å². The standard InChI is InChI=1S/C9H11NO4/c1-3-14-9(12)7-4-6(13-2)5-8(11)10-7/h4-5H,3H2,1-2H3,(H,10,11). The molecule has 0 unspecified atom stereocenters. The molecule has 0 bridgehead atoms. The molecule has 0 aliphatic heterocycles. The number of hydrogen-bond acceptors (Lipinski definition) is 5. The number of hydrogen-bond donors (Lipinski definition) is 1. The SMILES string of the molecule is CCOC(=O)c1cc(OC)cc(O)n1. The van der Waals surface area contributed by atoms with E-state index in [0.717, 1.165) is 0 Å². The van der Waals surface area contributed by atoms with Crippen molar-refractivity contribution in [2.45, 2.75) is 6.92 Å². The highest BCUT2D eigenvalue weighted by Gasteiger charge is 2.11. The topological polar surface area (TPSA) is 68.7 Å². The first-order valence-electron chi connectivity index (χ1n) is 4.09. The number of rotatable bonds is 3. The van der Waals surface area contributed by atoms with E-state index in [1.54, 1.807) is 6.92 Å². The minimum absolute atomic E-state index is 0.0312. The predicted molar refractivity (Wildman–Crippen MR) is 48.4 cm³/mol. The van der Waals surface area contributed by atoms with Crippen LogP contribution in [0.15, 0.2) is 12.1 Å². The number of methoxy groups -OCH3 is 1. The lowest BCUT2D eigenvalue weighted by Gasteiger charge is -2.04. The molecule has 0 saturated carbocycles. The van der Waals surface area contributed by atoms with Crippen LogP contribution in [0.3, 0.4) is 0 Å². The molecule has 0 radical (unpaired) electrons. The molecule has 1 rings (SSSR count). The van der Waals surface area contributed by atoms with Crippen LogP contribution in [0.25, 0.3) is 0 Å². The summed E-state index contributed by atoms with van der Waals surface area (Å²) in [5.74, 6) is -0.491. The first-order valence-corrected chi connectivity index (χ1v) is 4.09. The zero-order chi connectivity index (χ0) is 10.6. The minimum Gasteiger partial charge on any atom is -0.496 e. The normalized spacial score (nSPS) is 9.57. The molecule has 1 heterocycles. The van der Waals surface area contributed by atoms with Crippen LogP contribution in [0.1, 0.15) is 17.4 Å². The molecule has 0 aliphatic carbocycles. The average molecular weight is 197 g/mol. The van der Waals surface area contributed by atoms with Crippen LogP contribution in [0.2, 0.25) is 0 Å². The van der Waals surface area contributed by atoms with Gasteiger partial charge < -0.3 is 14.6 Å². The van der Waals surface area contributed by atoms with Crippen molar-refractivity contribution in [1.82, 2.24) is 4.98 Å². The van der Waals surface area contributed by atoms with Crippen LogP contribution >= 0.6 is 0 Å². The molecule has 0 fully saturated rings. The zero-order valence-corrected chi connectivity index (χ0v) is 7.98. The Balaban J connectivity index is 2.96. The molecule has 0 aliphatic rings. The van der Waals surface area contributed by atoms with Crippen LogP contribution in [0.4, 0.5) is 0 Å². The van der Waals surface area contributed by atoms with Gasteiger partial charge in [0.2, 0.25) is 5.88 Å². The van der Waals surface area contributed by atoms with Crippen molar-refractivity contribution in [3.8, 4) is 11.6 Å². The maximum Gasteiger partial charge on any atom is 0.357 e. The number of esters is 1. The van der Waals surface area contributed by atoms with Gasteiger partial charge in [0.25, 0.3) is 0 Å². The summed E-state index contributed by atoms with van der Waals surface area (Å²) in [6, 6.07) is 2.71. The molecule has 76 valence electrons. The van der Waals surface area contributed by atoms with Gasteiger partial charge in [-0.15, -0.1) is 0 Å². The molecule has 0 spiro atoms. The van der Waals surface area contributed by atoms with Gasteiger partial charge in [-0.2, -0.15) is 0 Å². The van der Waals surface area contributed by atoms with Crippen LogP contribution in [-0.4, -0.2) is 29.8 Å². The van der Waals surface area contributed by atoms with Gasteiger partial charge >= 0.3 is 5.97 Å². The summed E-state index contributed by atoms with van der Waals surface area (Å²) in [7, 11) is 1.43. The third-order valence-corrected chi connectivity index (χ3v) is 1.51. The molecule has 1 N–H and O–H groups in total. The van der Waals surface area contributed by atoms with Crippen LogP contribution < -0.4 is 4.74 Å². The lowest BCUT2D eigenvalue weighted by atomic mass is 10.3. The van der Waals surface area contributed by atoms with Gasteiger partial charge in [0, 0.05) is 12.1 Å². The Morgan fingerprint density at radius 1 is 1.57 bits per heavy atom. The smallest absolute Gasteiger partial charge is 0.357 e. The quantitative estimate of drug-likeness (QED) is 0.731. The third-order valence-electron chi connectivity index (χ3n) is 1.51. The molecule has 5 heteroatoms. The Kier molecular flexibility index (Phi) is 3.28. The van der Waals surface area contributed by atoms with Crippen molar-refractivity contribution in [2.24, 2.45) is 0 Å². The first kappa shape index (κ1) is 10.3. The number of ether oxygens (including phenoxy) is 2. The fourth-order valence-corrected chi connectivity index (χ4v) is 0.919. The van der Waals surface area contributed by atoms with Crippen molar-refractivity contribution in [1.29, 1.82) is 0 Å². The molecular formula is C9H11NO4. The fourth-order valence-electron chi connectivity index (χ4n) is 0.919. The van der Waals surface area contributed by atoms with Crippen LogP contribution in [0.5, 0.6) is 11.6 Å².